The van der Waals surface area contributed by atoms with Gasteiger partial charge >= 0.3 is 0 Å². The first kappa shape index (κ1) is 18.5. The molecule has 0 atom stereocenters. The molecule has 146 valence electrons. The number of aliphatic hydroxyl groups excluding tert-OH is 1. The Morgan fingerprint density at radius 2 is 2.00 bits per heavy atom. The van der Waals surface area contributed by atoms with E-state index in [-0.39, 0.29) is 12.4 Å². The first-order valence-electron chi connectivity index (χ1n) is 9.49. The van der Waals surface area contributed by atoms with Crippen molar-refractivity contribution in [3.8, 4) is 11.3 Å². The molecule has 0 spiro atoms. The lowest BCUT2D eigenvalue weighted by Gasteiger charge is -2.18. The molecule has 0 unspecified atom stereocenters. The fourth-order valence-electron chi connectivity index (χ4n) is 3.64. The number of fused-ring (bicyclic) bond motifs is 2. The van der Waals surface area contributed by atoms with Gasteiger partial charge in [0.25, 0.3) is 0 Å². The summed E-state index contributed by atoms with van der Waals surface area (Å²) in [5, 5.41) is 24.3. The van der Waals surface area contributed by atoms with Crippen molar-refractivity contribution >= 4 is 22.4 Å². The SMILES string of the molecule is CNCCNc1ccc2c3c(nn2CCNCCO)-c2ccncc2C(=O)c13. The van der Waals surface area contributed by atoms with E-state index >= 15 is 0 Å². The second-order valence-electron chi connectivity index (χ2n) is 6.71. The molecular formula is C20H24N6O2. The van der Waals surface area contributed by atoms with E-state index in [0.717, 1.165) is 40.9 Å². The molecule has 2 aromatic heterocycles. The predicted octanol–water partition coefficient (Wildman–Crippen LogP) is 0.856. The maximum Gasteiger partial charge on any atom is 0.198 e. The molecule has 0 saturated carbocycles. The molecule has 0 fully saturated rings. The van der Waals surface area contributed by atoms with Gasteiger partial charge in [0.2, 0.25) is 0 Å². The number of ketones is 1. The van der Waals surface area contributed by atoms with Gasteiger partial charge in [0.15, 0.2) is 5.78 Å². The van der Waals surface area contributed by atoms with Gasteiger partial charge in [-0.3, -0.25) is 14.5 Å². The number of hydrogen-bond donors (Lipinski definition) is 4. The van der Waals surface area contributed by atoms with Gasteiger partial charge in [-0.25, -0.2) is 0 Å². The summed E-state index contributed by atoms with van der Waals surface area (Å²) >= 11 is 0. The molecule has 2 heterocycles. The van der Waals surface area contributed by atoms with Crippen LogP contribution in [0.5, 0.6) is 0 Å². The average molecular weight is 380 g/mol. The Kier molecular flexibility index (Phi) is 5.34. The molecule has 1 aliphatic carbocycles. The summed E-state index contributed by atoms with van der Waals surface area (Å²) in [6.45, 7) is 3.50. The Bertz CT molecular complexity index is 1010. The zero-order valence-electron chi connectivity index (χ0n) is 15.8. The molecule has 0 bridgehead atoms. The monoisotopic (exact) mass is 380 g/mol. The minimum atomic E-state index is -0.0221. The third kappa shape index (κ3) is 3.15. The molecule has 8 nitrogen and oxygen atoms in total. The maximum atomic E-state index is 13.3. The summed E-state index contributed by atoms with van der Waals surface area (Å²) in [5.41, 5.74) is 4.65. The fourth-order valence-corrected chi connectivity index (χ4v) is 3.64. The minimum absolute atomic E-state index is 0.0221. The number of aliphatic hydroxyl groups is 1. The molecule has 0 saturated heterocycles. The first-order valence-corrected chi connectivity index (χ1v) is 9.49. The highest BCUT2D eigenvalue weighted by Crippen LogP contribution is 2.41. The largest absolute Gasteiger partial charge is 0.395 e. The lowest BCUT2D eigenvalue weighted by atomic mass is 9.87. The Hall–Kier alpha value is -2.81. The molecule has 8 heteroatoms. The second-order valence-corrected chi connectivity index (χ2v) is 6.71. The number of carbonyl (C=O) groups excluding carboxylic acids is 1. The van der Waals surface area contributed by atoms with Gasteiger partial charge in [0.05, 0.1) is 29.8 Å². The van der Waals surface area contributed by atoms with Gasteiger partial charge in [-0.05, 0) is 25.2 Å². The van der Waals surface area contributed by atoms with E-state index in [9.17, 15) is 4.79 Å². The van der Waals surface area contributed by atoms with Crippen LogP contribution in [-0.4, -0.2) is 65.5 Å². The maximum absolute atomic E-state index is 13.3. The van der Waals surface area contributed by atoms with Crippen LogP contribution in [0.25, 0.3) is 22.2 Å². The Balaban J connectivity index is 1.82. The lowest BCUT2D eigenvalue weighted by molar-refractivity contribution is 0.104. The number of aromatic nitrogens is 3. The van der Waals surface area contributed by atoms with Gasteiger partial charge in [-0.15, -0.1) is 0 Å². The molecule has 1 aliphatic rings. The van der Waals surface area contributed by atoms with Crippen molar-refractivity contribution in [3.63, 3.8) is 0 Å². The normalized spacial score (nSPS) is 12.4. The van der Waals surface area contributed by atoms with Crippen molar-refractivity contribution in [2.24, 2.45) is 0 Å². The van der Waals surface area contributed by atoms with Gasteiger partial charge in [-0.1, -0.05) is 0 Å². The first-order chi connectivity index (χ1) is 13.8. The number of benzene rings is 1. The van der Waals surface area contributed by atoms with E-state index in [1.807, 2.05) is 29.9 Å². The summed E-state index contributed by atoms with van der Waals surface area (Å²) < 4.78 is 1.93. The number of pyridine rings is 1. The van der Waals surface area contributed by atoms with Crippen molar-refractivity contribution in [3.05, 3.63) is 41.7 Å². The third-order valence-electron chi connectivity index (χ3n) is 4.95. The highest BCUT2D eigenvalue weighted by molar-refractivity contribution is 6.27. The van der Waals surface area contributed by atoms with E-state index in [1.165, 1.54) is 0 Å². The molecule has 4 N–H and O–H groups in total. The van der Waals surface area contributed by atoms with Gasteiger partial charge in [-0.2, -0.15) is 5.10 Å². The van der Waals surface area contributed by atoms with Gasteiger partial charge in [0.1, 0.15) is 5.69 Å². The van der Waals surface area contributed by atoms with Crippen molar-refractivity contribution in [1.29, 1.82) is 0 Å². The summed E-state index contributed by atoms with van der Waals surface area (Å²) in [5.74, 6) is -0.0221. The summed E-state index contributed by atoms with van der Waals surface area (Å²) in [6.07, 6.45) is 3.32. The smallest absolute Gasteiger partial charge is 0.198 e. The number of rotatable bonds is 9. The number of anilines is 1. The zero-order valence-corrected chi connectivity index (χ0v) is 15.8. The minimum Gasteiger partial charge on any atom is -0.395 e. The number of likely N-dealkylation sites (N-methyl/N-ethyl adjacent to an activating group) is 1. The van der Waals surface area contributed by atoms with Crippen molar-refractivity contribution < 1.29 is 9.90 Å². The topological polar surface area (TPSA) is 104 Å². The number of carbonyl (C=O) groups is 1. The highest BCUT2D eigenvalue weighted by atomic mass is 16.3. The Morgan fingerprint density at radius 3 is 2.82 bits per heavy atom. The highest BCUT2D eigenvalue weighted by Gasteiger charge is 2.31. The van der Waals surface area contributed by atoms with Crippen LogP contribution in [0.1, 0.15) is 15.9 Å². The second kappa shape index (κ2) is 8.05. The van der Waals surface area contributed by atoms with Gasteiger partial charge in [0, 0.05) is 55.2 Å². The molecule has 1 aromatic carbocycles. The van der Waals surface area contributed by atoms with Crippen LogP contribution in [0.2, 0.25) is 0 Å². The quantitative estimate of drug-likeness (QED) is 0.319. The number of hydrogen-bond acceptors (Lipinski definition) is 7. The van der Waals surface area contributed by atoms with Crippen LogP contribution in [-0.2, 0) is 6.54 Å². The molecule has 0 aliphatic heterocycles. The molecule has 28 heavy (non-hydrogen) atoms. The van der Waals surface area contributed by atoms with Gasteiger partial charge < -0.3 is 21.1 Å². The standard InChI is InChI=1S/C20H24N6O2/c1-21-6-7-24-15-2-3-16-18-17(15)20(28)14-12-23-5-4-13(14)19(18)25-26(16)10-8-22-9-11-27/h2-5,12,21-22,24,27H,6-11H2,1H3. The average Bonchev–Trinajstić information content (AvgIpc) is 3.09. The Morgan fingerprint density at radius 1 is 1.11 bits per heavy atom. The van der Waals surface area contributed by atoms with Crippen molar-refractivity contribution in [2.75, 3.05) is 45.2 Å². The van der Waals surface area contributed by atoms with Crippen LogP contribution in [0.4, 0.5) is 5.69 Å². The fraction of sp³-hybridized carbons (Fsp3) is 0.350. The zero-order chi connectivity index (χ0) is 19.5. The van der Waals surface area contributed by atoms with Crippen molar-refractivity contribution in [2.45, 2.75) is 6.54 Å². The van der Waals surface area contributed by atoms with Crippen LogP contribution in [0, 0.1) is 0 Å². The van der Waals surface area contributed by atoms with Crippen LogP contribution in [0.15, 0.2) is 30.6 Å². The van der Waals surface area contributed by atoms with E-state index in [2.05, 4.69) is 20.9 Å². The van der Waals surface area contributed by atoms with Crippen LogP contribution < -0.4 is 16.0 Å². The molecule has 4 rings (SSSR count). The van der Waals surface area contributed by atoms with E-state index in [0.29, 0.717) is 30.8 Å². The third-order valence-corrected chi connectivity index (χ3v) is 4.95. The van der Waals surface area contributed by atoms with E-state index < -0.39 is 0 Å². The molecule has 0 radical (unpaired) electrons. The summed E-state index contributed by atoms with van der Waals surface area (Å²) in [7, 11) is 1.90. The molecule has 0 amide bonds. The summed E-state index contributed by atoms with van der Waals surface area (Å²) in [4.78, 5) is 17.4. The van der Waals surface area contributed by atoms with Crippen LogP contribution >= 0.6 is 0 Å². The molecular weight excluding hydrogens is 356 g/mol. The Labute approximate surface area is 163 Å². The van der Waals surface area contributed by atoms with E-state index in [1.54, 1.807) is 12.4 Å². The van der Waals surface area contributed by atoms with Crippen LogP contribution in [0.3, 0.4) is 0 Å². The number of nitrogens with one attached hydrogen (secondary N) is 3. The lowest BCUT2D eigenvalue weighted by Crippen LogP contribution is -2.23. The van der Waals surface area contributed by atoms with E-state index in [4.69, 9.17) is 10.2 Å². The summed E-state index contributed by atoms with van der Waals surface area (Å²) in [6, 6.07) is 5.83. The van der Waals surface area contributed by atoms with Crippen molar-refractivity contribution in [1.82, 2.24) is 25.4 Å². The molecule has 3 aromatic rings. The number of nitrogens with zero attached hydrogens (tertiary/aromatic N) is 3. The predicted molar refractivity (Wildman–Crippen MR) is 109 cm³/mol.